The Kier molecular flexibility index (Phi) is 7.94. The van der Waals surface area contributed by atoms with E-state index in [1.54, 1.807) is 24.3 Å². The van der Waals surface area contributed by atoms with E-state index >= 15 is 0 Å². The number of benzene rings is 3. The summed E-state index contributed by atoms with van der Waals surface area (Å²) in [6, 6.07) is 12.4. The lowest BCUT2D eigenvalue weighted by Gasteiger charge is -2.16. The summed E-state index contributed by atoms with van der Waals surface area (Å²) in [5, 5.41) is 0.786. The monoisotopic (exact) mass is 484 g/mol. The third-order valence-corrected chi connectivity index (χ3v) is 4.72. The molecule has 0 aliphatic carbocycles. The zero-order valence-electron chi connectivity index (χ0n) is 19.0. The van der Waals surface area contributed by atoms with Gasteiger partial charge in [-0.2, -0.15) is 0 Å². The van der Waals surface area contributed by atoms with Gasteiger partial charge in [0.15, 0.2) is 0 Å². The number of carbonyl (C=O) groups excluding carboxylic acids is 4. The molecule has 8 heteroatoms. The summed E-state index contributed by atoms with van der Waals surface area (Å²) >= 11 is 0. The van der Waals surface area contributed by atoms with Gasteiger partial charge in [-0.15, -0.1) is 0 Å². The van der Waals surface area contributed by atoms with E-state index in [-0.39, 0.29) is 23.0 Å². The van der Waals surface area contributed by atoms with Crippen molar-refractivity contribution >= 4 is 34.6 Å². The largest absolute Gasteiger partial charge is 0.423 e. The molecule has 0 aliphatic heterocycles. The van der Waals surface area contributed by atoms with Gasteiger partial charge in [-0.05, 0) is 41.3 Å². The molecule has 0 bridgehead atoms. The molecule has 8 nitrogen and oxygen atoms in total. The van der Waals surface area contributed by atoms with Crippen LogP contribution in [0, 0.1) is 0 Å². The Morgan fingerprint density at radius 3 is 1.64 bits per heavy atom. The molecule has 3 aromatic rings. The fraction of sp³-hybridized carbons (Fsp3) is 0. The molecule has 0 saturated heterocycles. The molecule has 3 rings (SSSR count). The molecule has 0 fully saturated rings. The summed E-state index contributed by atoms with van der Waals surface area (Å²) in [5.41, 5.74) is 0.941. The summed E-state index contributed by atoms with van der Waals surface area (Å²) in [4.78, 5) is 47.6. The highest BCUT2D eigenvalue weighted by molar-refractivity contribution is 6.06. The van der Waals surface area contributed by atoms with E-state index in [1.165, 1.54) is 24.3 Å². The predicted molar refractivity (Wildman–Crippen MR) is 133 cm³/mol. The minimum Gasteiger partial charge on any atom is -0.423 e. The van der Waals surface area contributed by atoms with E-state index in [1.807, 2.05) is 0 Å². The van der Waals surface area contributed by atoms with Crippen LogP contribution in [0.25, 0.3) is 21.9 Å². The number of esters is 4. The van der Waals surface area contributed by atoms with Gasteiger partial charge in [0.1, 0.15) is 23.0 Å². The van der Waals surface area contributed by atoms with Crippen molar-refractivity contribution in [2.45, 2.75) is 0 Å². The zero-order chi connectivity index (χ0) is 26.2. The fourth-order valence-corrected chi connectivity index (χ4v) is 3.23. The summed E-state index contributed by atoms with van der Waals surface area (Å²) in [5.74, 6) is -2.51. The van der Waals surface area contributed by atoms with Crippen LogP contribution >= 0.6 is 0 Å². The Hall–Kier alpha value is -5.24. The first-order valence-electron chi connectivity index (χ1n) is 10.4. The van der Waals surface area contributed by atoms with Gasteiger partial charge in [-0.25, -0.2) is 19.2 Å². The second-order valence-electron chi connectivity index (χ2n) is 6.95. The van der Waals surface area contributed by atoms with Crippen LogP contribution < -0.4 is 18.9 Å². The van der Waals surface area contributed by atoms with Crippen molar-refractivity contribution < 1.29 is 38.1 Å². The minimum absolute atomic E-state index is 0.0555. The Morgan fingerprint density at radius 1 is 0.556 bits per heavy atom. The minimum atomic E-state index is -0.745. The Bertz CT molecular complexity index is 1400. The standard InChI is InChI=1S/C28H20O8/c1-5-24(29)33-17-12-13-19(23(16-17)36-27(32)8-4)18-14-15-22(35-26(31)7-3)28-20(18)10-9-11-21(28)34-25(30)6-2/h5-16H,1-4H2. The molecule has 0 atom stereocenters. The first kappa shape index (κ1) is 25.4. The lowest BCUT2D eigenvalue weighted by atomic mass is 9.96. The van der Waals surface area contributed by atoms with E-state index in [0.29, 0.717) is 21.9 Å². The molecule has 0 aromatic heterocycles. The summed E-state index contributed by atoms with van der Waals surface area (Å²) in [6.07, 6.45) is 3.96. The van der Waals surface area contributed by atoms with E-state index in [4.69, 9.17) is 18.9 Å². The smallest absolute Gasteiger partial charge is 0.335 e. The maximum absolute atomic E-state index is 12.0. The van der Waals surface area contributed by atoms with Crippen LogP contribution in [-0.2, 0) is 19.2 Å². The zero-order valence-corrected chi connectivity index (χ0v) is 19.0. The van der Waals surface area contributed by atoms with E-state index in [0.717, 1.165) is 24.3 Å². The molecule has 0 N–H and O–H groups in total. The van der Waals surface area contributed by atoms with Gasteiger partial charge in [-0.3, -0.25) is 0 Å². The first-order chi connectivity index (χ1) is 17.3. The first-order valence-corrected chi connectivity index (χ1v) is 10.4. The maximum atomic E-state index is 12.0. The summed E-state index contributed by atoms with van der Waals surface area (Å²) < 4.78 is 21.3. The summed E-state index contributed by atoms with van der Waals surface area (Å²) in [7, 11) is 0. The molecular formula is C28H20O8. The molecule has 0 saturated carbocycles. The van der Waals surface area contributed by atoms with Crippen LogP contribution in [0.5, 0.6) is 23.0 Å². The number of rotatable bonds is 9. The normalized spacial score (nSPS) is 10.0. The lowest BCUT2D eigenvalue weighted by molar-refractivity contribution is -0.130. The third-order valence-electron chi connectivity index (χ3n) is 4.72. The van der Waals surface area contributed by atoms with E-state index in [2.05, 4.69) is 26.3 Å². The molecule has 0 amide bonds. The number of carbonyl (C=O) groups is 4. The quantitative estimate of drug-likeness (QED) is 0.241. The van der Waals surface area contributed by atoms with Gasteiger partial charge in [0.05, 0.1) is 5.39 Å². The number of ether oxygens (including phenoxy) is 4. The average molecular weight is 484 g/mol. The number of hydrogen-bond donors (Lipinski definition) is 0. The van der Waals surface area contributed by atoms with Crippen LogP contribution in [-0.4, -0.2) is 23.9 Å². The SMILES string of the molecule is C=CC(=O)Oc1ccc(-c2ccc(OC(=O)C=C)c3c(OC(=O)C=C)cccc23)c(OC(=O)C=C)c1. The van der Waals surface area contributed by atoms with Crippen molar-refractivity contribution in [2.24, 2.45) is 0 Å². The van der Waals surface area contributed by atoms with Crippen molar-refractivity contribution in [3.05, 3.63) is 99.2 Å². The lowest BCUT2D eigenvalue weighted by Crippen LogP contribution is -2.08. The van der Waals surface area contributed by atoms with E-state index < -0.39 is 23.9 Å². The van der Waals surface area contributed by atoms with Gasteiger partial charge in [0, 0.05) is 35.9 Å². The maximum Gasteiger partial charge on any atom is 0.335 e. The average Bonchev–Trinajstić information content (AvgIpc) is 2.88. The van der Waals surface area contributed by atoms with Crippen molar-refractivity contribution in [1.29, 1.82) is 0 Å². The Balaban J connectivity index is 2.29. The predicted octanol–water partition coefficient (Wildman–Crippen LogP) is 4.87. The molecule has 0 heterocycles. The van der Waals surface area contributed by atoms with Crippen molar-refractivity contribution in [3.8, 4) is 34.1 Å². The van der Waals surface area contributed by atoms with E-state index in [9.17, 15) is 19.2 Å². The number of fused-ring (bicyclic) bond motifs is 1. The molecule has 180 valence electrons. The Labute approximate surface area is 206 Å². The second-order valence-corrected chi connectivity index (χ2v) is 6.95. The second kappa shape index (κ2) is 11.3. The van der Waals surface area contributed by atoms with Crippen molar-refractivity contribution in [3.63, 3.8) is 0 Å². The molecule has 3 aromatic carbocycles. The number of hydrogen-bond acceptors (Lipinski definition) is 8. The van der Waals surface area contributed by atoms with Crippen LogP contribution in [0.3, 0.4) is 0 Å². The van der Waals surface area contributed by atoms with Crippen molar-refractivity contribution in [1.82, 2.24) is 0 Å². The molecular weight excluding hydrogens is 464 g/mol. The molecule has 0 aliphatic rings. The van der Waals surface area contributed by atoms with Gasteiger partial charge in [-0.1, -0.05) is 38.4 Å². The molecule has 0 spiro atoms. The highest BCUT2D eigenvalue weighted by Crippen LogP contribution is 2.43. The highest BCUT2D eigenvalue weighted by Gasteiger charge is 2.20. The van der Waals surface area contributed by atoms with Gasteiger partial charge in [0.2, 0.25) is 0 Å². The van der Waals surface area contributed by atoms with Gasteiger partial charge >= 0.3 is 23.9 Å². The van der Waals surface area contributed by atoms with Crippen LogP contribution in [0.4, 0.5) is 0 Å². The molecule has 36 heavy (non-hydrogen) atoms. The van der Waals surface area contributed by atoms with Crippen molar-refractivity contribution in [2.75, 3.05) is 0 Å². The highest BCUT2D eigenvalue weighted by atomic mass is 16.6. The fourth-order valence-electron chi connectivity index (χ4n) is 3.23. The van der Waals surface area contributed by atoms with Gasteiger partial charge < -0.3 is 18.9 Å². The Morgan fingerprint density at radius 2 is 1.06 bits per heavy atom. The topological polar surface area (TPSA) is 105 Å². The third kappa shape index (κ3) is 5.63. The van der Waals surface area contributed by atoms with Crippen LogP contribution in [0.15, 0.2) is 99.2 Å². The molecule has 0 unspecified atom stereocenters. The molecule has 0 radical (unpaired) electrons. The van der Waals surface area contributed by atoms with Gasteiger partial charge in [0.25, 0.3) is 0 Å². The summed E-state index contributed by atoms with van der Waals surface area (Å²) in [6.45, 7) is 13.5. The van der Waals surface area contributed by atoms with Crippen LogP contribution in [0.1, 0.15) is 0 Å². The van der Waals surface area contributed by atoms with Crippen LogP contribution in [0.2, 0.25) is 0 Å².